The molecule has 0 fully saturated rings. The van der Waals surface area contributed by atoms with Crippen LogP contribution in [0.2, 0.25) is 5.02 Å². The van der Waals surface area contributed by atoms with E-state index in [1.165, 1.54) is 0 Å². The molecule has 0 aromatic heterocycles. The van der Waals surface area contributed by atoms with E-state index in [1.807, 2.05) is 43.3 Å². The summed E-state index contributed by atoms with van der Waals surface area (Å²) in [6.45, 7) is 2.04. The Morgan fingerprint density at radius 3 is 2.45 bits per heavy atom. The highest BCUT2D eigenvalue weighted by atomic mass is 79.9. The van der Waals surface area contributed by atoms with Crippen molar-refractivity contribution in [2.45, 2.75) is 19.0 Å². The van der Waals surface area contributed by atoms with E-state index in [1.54, 1.807) is 12.1 Å². The Hall–Kier alpha value is -1.16. The number of rotatable bonds is 5. The van der Waals surface area contributed by atoms with Crippen LogP contribution in [0, 0.1) is 0 Å². The quantitative estimate of drug-likeness (QED) is 0.791. The van der Waals surface area contributed by atoms with Crippen molar-refractivity contribution in [2.75, 3.05) is 0 Å². The second-order valence-corrected chi connectivity index (χ2v) is 5.96. The zero-order chi connectivity index (χ0) is 14.5. The monoisotopic (exact) mass is 351 g/mol. The Morgan fingerprint density at radius 2 is 1.85 bits per heavy atom. The lowest BCUT2D eigenvalue weighted by Crippen LogP contribution is -2.25. The molecule has 2 aromatic rings. The first-order chi connectivity index (χ1) is 9.60. The van der Waals surface area contributed by atoms with Gasteiger partial charge >= 0.3 is 0 Å². The van der Waals surface area contributed by atoms with E-state index in [2.05, 4.69) is 21.2 Å². The highest BCUT2D eigenvalue weighted by Gasteiger charge is 2.14. The molecular weight excluding hydrogens is 338 g/mol. The lowest BCUT2D eigenvalue weighted by Gasteiger charge is -2.20. The minimum atomic E-state index is -0.346. The number of aldehydes is 1. The molecule has 0 heterocycles. The second kappa shape index (κ2) is 7.02. The van der Waals surface area contributed by atoms with Crippen LogP contribution in [-0.4, -0.2) is 6.29 Å². The summed E-state index contributed by atoms with van der Waals surface area (Å²) in [5.74, 6) is 0. The van der Waals surface area contributed by atoms with E-state index in [0.29, 0.717) is 5.02 Å². The van der Waals surface area contributed by atoms with E-state index in [0.717, 1.165) is 21.9 Å². The van der Waals surface area contributed by atoms with Crippen molar-refractivity contribution in [1.29, 1.82) is 0 Å². The van der Waals surface area contributed by atoms with Gasteiger partial charge in [0.25, 0.3) is 0 Å². The fraction of sp³-hybridized carbons (Fsp3) is 0.188. The van der Waals surface area contributed by atoms with E-state index < -0.39 is 0 Å². The van der Waals surface area contributed by atoms with Gasteiger partial charge in [-0.15, -0.1) is 0 Å². The highest BCUT2D eigenvalue weighted by molar-refractivity contribution is 9.10. The molecule has 2 aromatic carbocycles. The molecule has 2 unspecified atom stereocenters. The largest absolute Gasteiger partial charge is 0.301 e. The number of halogens is 2. The van der Waals surface area contributed by atoms with Gasteiger partial charge in [-0.1, -0.05) is 51.8 Å². The topological polar surface area (TPSA) is 29.1 Å². The van der Waals surface area contributed by atoms with E-state index in [9.17, 15) is 4.79 Å². The third kappa shape index (κ3) is 3.92. The normalized spacial score (nSPS) is 13.8. The standard InChI is InChI=1S/C16H15BrClNO/c1-11(13-3-2-4-14(17)9-13)19-16(10-20)12-5-7-15(18)8-6-12/h2-11,16,19H,1H3. The molecule has 0 spiro atoms. The highest BCUT2D eigenvalue weighted by Crippen LogP contribution is 2.22. The molecule has 0 aliphatic carbocycles. The van der Waals surface area contributed by atoms with E-state index >= 15 is 0 Å². The first-order valence-electron chi connectivity index (χ1n) is 6.32. The summed E-state index contributed by atoms with van der Waals surface area (Å²) in [6.07, 6.45) is 0.914. The molecule has 20 heavy (non-hydrogen) atoms. The van der Waals surface area contributed by atoms with Crippen LogP contribution in [0.3, 0.4) is 0 Å². The van der Waals surface area contributed by atoms with Crippen LogP contribution in [0.4, 0.5) is 0 Å². The molecule has 1 N–H and O–H groups in total. The number of nitrogens with one attached hydrogen (secondary N) is 1. The summed E-state index contributed by atoms with van der Waals surface area (Å²) >= 11 is 9.32. The van der Waals surface area contributed by atoms with Gasteiger partial charge in [0.05, 0.1) is 6.04 Å². The van der Waals surface area contributed by atoms with Gasteiger partial charge in [0, 0.05) is 15.5 Å². The SMILES string of the molecule is CC(NC(C=O)c1ccc(Cl)cc1)c1cccc(Br)c1. The number of carbonyl (C=O) groups is 1. The molecule has 0 amide bonds. The van der Waals surface area contributed by atoms with Gasteiger partial charge in [-0.3, -0.25) is 5.32 Å². The maximum atomic E-state index is 11.3. The zero-order valence-corrected chi connectivity index (χ0v) is 13.4. The average molecular weight is 353 g/mol. The summed E-state index contributed by atoms with van der Waals surface area (Å²) in [5, 5.41) is 3.98. The fourth-order valence-electron chi connectivity index (χ4n) is 2.03. The van der Waals surface area contributed by atoms with Crippen molar-refractivity contribution in [2.24, 2.45) is 0 Å². The van der Waals surface area contributed by atoms with E-state index in [-0.39, 0.29) is 12.1 Å². The van der Waals surface area contributed by atoms with Gasteiger partial charge in [0.2, 0.25) is 0 Å². The summed E-state index contributed by atoms with van der Waals surface area (Å²) in [7, 11) is 0. The average Bonchev–Trinajstić information content (AvgIpc) is 2.45. The molecule has 0 aliphatic rings. The summed E-state index contributed by atoms with van der Waals surface area (Å²) in [6, 6.07) is 15.1. The maximum absolute atomic E-state index is 11.3. The molecule has 0 bridgehead atoms. The van der Waals surface area contributed by atoms with Crippen molar-refractivity contribution in [3.8, 4) is 0 Å². The molecule has 0 saturated carbocycles. The van der Waals surface area contributed by atoms with Crippen LogP contribution >= 0.6 is 27.5 Å². The molecule has 4 heteroatoms. The van der Waals surface area contributed by atoms with Gasteiger partial charge in [0.1, 0.15) is 6.29 Å². The number of benzene rings is 2. The number of carbonyl (C=O) groups excluding carboxylic acids is 1. The van der Waals surface area contributed by atoms with Crippen LogP contribution < -0.4 is 5.32 Å². The first kappa shape index (κ1) is 15.2. The lowest BCUT2D eigenvalue weighted by atomic mass is 10.0. The van der Waals surface area contributed by atoms with Crippen LogP contribution in [0.15, 0.2) is 53.0 Å². The Bertz CT molecular complexity index is 585. The van der Waals surface area contributed by atoms with Gasteiger partial charge in [-0.2, -0.15) is 0 Å². The predicted molar refractivity (Wildman–Crippen MR) is 85.9 cm³/mol. The second-order valence-electron chi connectivity index (χ2n) is 4.61. The smallest absolute Gasteiger partial charge is 0.141 e. The van der Waals surface area contributed by atoms with Crippen molar-refractivity contribution in [3.05, 3.63) is 69.2 Å². The molecular formula is C16H15BrClNO. The lowest BCUT2D eigenvalue weighted by molar-refractivity contribution is -0.109. The third-order valence-electron chi connectivity index (χ3n) is 3.14. The molecule has 2 rings (SSSR count). The predicted octanol–water partition coefficient (Wildman–Crippen LogP) is 4.69. The van der Waals surface area contributed by atoms with E-state index in [4.69, 9.17) is 11.6 Å². The van der Waals surface area contributed by atoms with Gasteiger partial charge in [0.15, 0.2) is 0 Å². The Kier molecular flexibility index (Phi) is 5.35. The van der Waals surface area contributed by atoms with Crippen molar-refractivity contribution < 1.29 is 4.79 Å². The van der Waals surface area contributed by atoms with Gasteiger partial charge in [-0.25, -0.2) is 0 Å². The Balaban J connectivity index is 2.13. The number of hydrogen-bond donors (Lipinski definition) is 1. The number of hydrogen-bond acceptors (Lipinski definition) is 2. The van der Waals surface area contributed by atoms with Gasteiger partial charge in [-0.05, 0) is 42.3 Å². The van der Waals surface area contributed by atoms with Crippen LogP contribution in [0.1, 0.15) is 30.1 Å². The molecule has 0 saturated heterocycles. The molecule has 0 aliphatic heterocycles. The van der Waals surface area contributed by atoms with Crippen LogP contribution in [0.5, 0.6) is 0 Å². The summed E-state index contributed by atoms with van der Waals surface area (Å²) in [4.78, 5) is 11.3. The van der Waals surface area contributed by atoms with Crippen LogP contribution in [-0.2, 0) is 4.79 Å². The minimum absolute atomic E-state index is 0.0679. The van der Waals surface area contributed by atoms with Gasteiger partial charge < -0.3 is 4.79 Å². The Morgan fingerprint density at radius 1 is 1.15 bits per heavy atom. The van der Waals surface area contributed by atoms with Crippen molar-refractivity contribution >= 4 is 33.8 Å². The third-order valence-corrected chi connectivity index (χ3v) is 3.89. The molecule has 2 nitrogen and oxygen atoms in total. The molecule has 2 atom stereocenters. The Labute approximate surface area is 132 Å². The first-order valence-corrected chi connectivity index (χ1v) is 7.49. The van der Waals surface area contributed by atoms with Crippen molar-refractivity contribution in [1.82, 2.24) is 5.32 Å². The molecule has 0 radical (unpaired) electrons. The maximum Gasteiger partial charge on any atom is 0.141 e. The summed E-state index contributed by atoms with van der Waals surface area (Å²) in [5.41, 5.74) is 2.03. The van der Waals surface area contributed by atoms with Crippen molar-refractivity contribution in [3.63, 3.8) is 0 Å². The molecule has 104 valence electrons. The zero-order valence-electron chi connectivity index (χ0n) is 11.0. The summed E-state index contributed by atoms with van der Waals surface area (Å²) < 4.78 is 1.03. The fourth-order valence-corrected chi connectivity index (χ4v) is 2.57. The minimum Gasteiger partial charge on any atom is -0.301 e. The van der Waals surface area contributed by atoms with Crippen LogP contribution in [0.25, 0.3) is 0 Å².